The Hall–Kier alpha value is -2.92. The number of carbonyl (C=O) groups is 1. The van der Waals surface area contributed by atoms with Crippen molar-refractivity contribution in [3.63, 3.8) is 0 Å². The van der Waals surface area contributed by atoms with Crippen LogP contribution in [0.1, 0.15) is 39.8 Å². The summed E-state index contributed by atoms with van der Waals surface area (Å²) in [6.07, 6.45) is 3.25. The maximum Gasteiger partial charge on any atom is 0.336 e. The van der Waals surface area contributed by atoms with Gasteiger partial charge in [-0.15, -0.1) is 0 Å². The lowest BCUT2D eigenvalue weighted by atomic mass is 10.0. The molecule has 0 fully saturated rings. The van der Waals surface area contributed by atoms with E-state index in [0.29, 0.717) is 12.1 Å². The smallest absolute Gasteiger partial charge is 0.336 e. The molecule has 0 atom stereocenters. The molecule has 0 radical (unpaired) electrons. The molecule has 1 aliphatic rings. The van der Waals surface area contributed by atoms with E-state index in [9.17, 15) is 9.59 Å². The van der Waals surface area contributed by atoms with Gasteiger partial charge in [0.05, 0.1) is 6.54 Å². The van der Waals surface area contributed by atoms with Crippen molar-refractivity contribution >= 4 is 22.6 Å². The highest BCUT2D eigenvalue weighted by Crippen LogP contribution is 2.29. The fraction of sp³-hybridized carbons (Fsp3) is 0.360. The van der Waals surface area contributed by atoms with Crippen LogP contribution < -0.4 is 10.9 Å². The van der Waals surface area contributed by atoms with Crippen LogP contribution in [0.3, 0.4) is 0 Å². The van der Waals surface area contributed by atoms with Crippen LogP contribution in [0.5, 0.6) is 0 Å². The summed E-state index contributed by atoms with van der Waals surface area (Å²) in [5.41, 5.74) is 7.98. The number of amides is 1. The predicted molar refractivity (Wildman–Crippen MR) is 120 cm³/mol. The number of nitrogens with one attached hydrogen (secondary N) is 1. The topological polar surface area (TPSA) is 62.6 Å². The summed E-state index contributed by atoms with van der Waals surface area (Å²) in [5.74, 6) is -0.0688. The van der Waals surface area contributed by atoms with Crippen LogP contribution in [0.4, 0.5) is 5.69 Å². The summed E-state index contributed by atoms with van der Waals surface area (Å²) in [7, 11) is 1.89. The molecular weight excluding hydrogens is 376 g/mol. The van der Waals surface area contributed by atoms with E-state index in [1.165, 1.54) is 16.7 Å². The van der Waals surface area contributed by atoms with Crippen LogP contribution in [0.15, 0.2) is 39.5 Å². The maximum atomic E-state index is 12.7. The number of hydrogen-bond acceptors (Lipinski definition) is 4. The Labute approximate surface area is 176 Å². The van der Waals surface area contributed by atoms with Gasteiger partial charge in [0.25, 0.3) is 0 Å². The lowest BCUT2D eigenvalue weighted by Gasteiger charge is -2.19. The second-order valence-electron chi connectivity index (χ2n) is 8.56. The quantitative estimate of drug-likeness (QED) is 0.645. The number of likely N-dealkylation sites (N-methyl/N-ethyl adjacent to an activating group) is 1. The predicted octanol–water partition coefficient (Wildman–Crippen LogP) is 4.28. The van der Waals surface area contributed by atoms with Gasteiger partial charge in [-0.05, 0) is 87.0 Å². The number of benzene rings is 2. The van der Waals surface area contributed by atoms with Crippen molar-refractivity contribution in [2.45, 2.75) is 46.6 Å². The zero-order valence-electron chi connectivity index (χ0n) is 18.1. The van der Waals surface area contributed by atoms with Gasteiger partial charge in [0.2, 0.25) is 5.91 Å². The van der Waals surface area contributed by atoms with Gasteiger partial charge >= 0.3 is 5.63 Å². The minimum Gasteiger partial charge on any atom is -0.423 e. The number of hydrogen-bond donors (Lipinski definition) is 1. The normalized spacial score (nSPS) is 13.1. The van der Waals surface area contributed by atoms with Gasteiger partial charge in [-0.3, -0.25) is 9.69 Å². The van der Waals surface area contributed by atoms with E-state index in [4.69, 9.17) is 4.42 Å². The molecule has 0 spiro atoms. The Morgan fingerprint density at radius 3 is 2.40 bits per heavy atom. The molecule has 30 heavy (non-hydrogen) atoms. The van der Waals surface area contributed by atoms with E-state index < -0.39 is 0 Å². The first-order valence-corrected chi connectivity index (χ1v) is 10.4. The van der Waals surface area contributed by atoms with Gasteiger partial charge in [-0.25, -0.2) is 4.79 Å². The summed E-state index contributed by atoms with van der Waals surface area (Å²) in [6.45, 7) is 6.80. The minimum atomic E-state index is -0.348. The monoisotopic (exact) mass is 404 g/mol. The first-order chi connectivity index (χ1) is 14.3. The molecule has 1 aliphatic carbocycles. The Morgan fingerprint density at radius 1 is 1.03 bits per heavy atom. The number of fused-ring (bicyclic) bond motifs is 2. The van der Waals surface area contributed by atoms with Crippen molar-refractivity contribution in [1.29, 1.82) is 0 Å². The van der Waals surface area contributed by atoms with Crippen molar-refractivity contribution in [3.8, 4) is 0 Å². The second kappa shape index (κ2) is 8.07. The highest BCUT2D eigenvalue weighted by molar-refractivity contribution is 5.94. The SMILES string of the molecule is Cc1cc(C)c(NC(=O)CN(C)Cc2cc(=O)oc3cc4c(cc23)CCC4)c(C)c1. The summed E-state index contributed by atoms with van der Waals surface area (Å²) in [6, 6.07) is 9.85. The summed E-state index contributed by atoms with van der Waals surface area (Å²) < 4.78 is 5.45. The molecule has 3 aromatic rings. The molecule has 0 bridgehead atoms. The van der Waals surface area contributed by atoms with E-state index in [0.717, 1.165) is 47.0 Å². The third-order valence-electron chi connectivity index (χ3n) is 5.84. The van der Waals surface area contributed by atoms with Gasteiger partial charge < -0.3 is 9.73 Å². The van der Waals surface area contributed by atoms with Gasteiger partial charge in [-0.1, -0.05) is 17.7 Å². The fourth-order valence-electron chi connectivity index (χ4n) is 4.57. The summed E-state index contributed by atoms with van der Waals surface area (Å²) in [5, 5.41) is 4.01. The van der Waals surface area contributed by atoms with Gasteiger partial charge in [0, 0.05) is 23.7 Å². The molecule has 0 saturated heterocycles. The minimum absolute atomic E-state index is 0.0688. The summed E-state index contributed by atoms with van der Waals surface area (Å²) >= 11 is 0. The molecule has 0 unspecified atom stereocenters. The molecule has 1 N–H and O–H groups in total. The van der Waals surface area contributed by atoms with Crippen molar-refractivity contribution < 1.29 is 9.21 Å². The molecule has 156 valence electrons. The van der Waals surface area contributed by atoms with Crippen LogP contribution in [0.2, 0.25) is 0 Å². The Balaban J connectivity index is 1.52. The van der Waals surface area contributed by atoms with Crippen molar-refractivity contribution in [3.05, 3.63) is 74.1 Å². The second-order valence-corrected chi connectivity index (χ2v) is 8.56. The van der Waals surface area contributed by atoms with E-state index in [1.807, 2.05) is 31.9 Å². The molecular formula is C25H28N2O3. The highest BCUT2D eigenvalue weighted by Gasteiger charge is 2.17. The number of rotatable bonds is 5. The lowest BCUT2D eigenvalue weighted by Crippen LogP contribution is -2.30. The number of nitrogens with zero attached hydrogens (tertiary/aromatic N) is 1. The van der Waals surface area contributed by atoms with Gasteiger partial charge in [0.15, 0.2) is 0 Å². The molecule has 0 aliphatic heterocycles. The molecule has 1 heterocycles. The van der Waals surface area contributed by atoms with Gasteiger partial charge in [-0.2, -0.15) is 0 Å². The number of carbonyl (C=O) groups excluding carboxylic acids is 1. The highest BCUT2D eigenvalue weighted by atomic mass is 16.4. The Bertz CT molecular complexity index is 1170. The van der Waals surface area contributed by atoms with Crippen LogP contribution >= 0.6 is 0 Å². The van der Waals surface area contributed by atoms with Crippen LogP contribution in [-0.4, -0.2) is 24.4 Å². The molecule has 5 heteroatoms. The van der Waals surface area contributed by atoms with Crippen LogP contribution in [0.25, 0.3) is 11.0 Å². The largest absolute Gasteiger partial charge is 0.423 e. The van der Waals surface area contributed by atoms with E-state index in [1.54, 1.807) is 6.07 Å². The zero-order chi connectivity index (χ0) is 21.4. The molecule has 1 aromatic heterocycles. The lowest BCUT2D eigenvalue weighted by molar-refractivity contribution is -0.117. The van der Waals surface area contributed by atoms with E-state index in [2.05, 4.69) is 30.4 Å². The van der Waals surface area contributed by atoms with E-state index >= 15 is 0 Å². The van der Waals surface area contributed by atoms with Crippen molar-refractivity contribution in [1.82, 2.24) is 4.90 Å². The molecule has 0 saturated carbocycles. The maximum absolute atomic E-state index is 12.7. The standard InChI is InChI=1S/C25H28N2O3/c1-15-8-16(2)25(17(3)9-15)26-23(28)14-27(4)13-20-12-24(29)30-22-11-19-7-5-6-18(19)10-21(20)22/h8-12H,5-7,13-14H2,1-4H3,(H,26,28). The van der Waals surface area contributed by atoms with Crippen LogP contribution in [-0.2, 0) is 24.2 Å². The molecule has 2 aromatic carbocycles. The van der Waals surface area contributed by atoms with E-state index in [-0.39, 0.29) is 18.1 Å². The fourth-order valence-corrected chi connectivity index (χ4v) is 4.57. The third-order valence-corrected chi connectivity index (χ3v) is 5.84. The first-order valence-electron chi connectivity index (χ1n) is 10.4. The Kier molecular flexibility index (Phi) is 5.48. The number of anilines is 1. The van der Waals surface area contributed by atoms with Crippen molar-refractivity contribution in [2.24, 2.45) is 0 Å². The Morgan fingerprint density at radius 2 is 1.70 bits per heavy atom. The van der Waals surface area contributed by atoms with Crippen molar-refractivity contribution in [2.75, 3.05) is 18.9 Å². The van der Waals surface area contributed by atoms with Gasteiger partial charge in [0.1, 0.15) is 5.58 Å². The average Bonchev–Trinajstić information content (AvgIpc) is 3.10. The number of aryl methyl sites for hydroxylation is 5. The molecule has 1 amide bonds. The average molecular weight is 405 g/mol. The molecule has 5 nitrogen and oxygen atoms in total. The zero-order valence-corrected chi connectivity index (χ0v) is 18.1. The van der Waals surface area contributed by atoms with Crippen LogP contribution in [0, 0.1) is 20.8 Å². The third kappa shape index (κ3) is 4.17. The first kappa shape index (κ1) is 20.4. The molecule has 4 rings (SSSR count). The summed E-state index contributed by atoms with van der Waals surface area (Å²) in [4.78, 5) is 26.7.